The Labute approximate surface area is 230 Å². The number of allylic oxidation sites excluding steroid dienone is 1. The van der Waals surface area contributed by atoms with Gasteiger partial charge in [0.05, 0.1) is 0 Å². The predicted molar refractivity (Wildman–Crippen MR) is 151 cm³/mol. The van der Waals surface area contributed by atoms with Crippen molar-refractivity contribution < 1.29 is 19.1 Å². The number of ketones is 1. The summed E-state index contributed by atoms with van der Waals surface area (Å²) < 4.78 is 12.1. The Morgan fingerprint density at radius 2 is 1.64 bits per heavy atom. The molecule has 2 saturated carbocycles. The van der Waals surface area contributed by atoms with Gasteiger partial charge in [-0.2, -0.15) is 0 Å². The molecule has 3 aromatic rings. The Kier molecular flexibility index (Phi) is 5.77. The average molecular weight is 519 g/mol. The number of rotatable bonds is 3. The number of Topliss-reactive ketones (excluding diaryl/α,β-unsaturated/α-hetero) is 1. The van der Waals surface area contributed by atoms with Crippen LogP contribution in [-0.4, -0.2) is 11.8 Å². The fourth-order valence-corrected chi connectivity index (χ4v) is 8.13. The van der Waals surface area contributed by atoms with Gasteiger partial charge in [-0.15, -0.1) is 0 Å². The second kappa shape index (κ2) is 9.22. The lowest BCUT2D eigenvalue weighted by atomic mass is 9.55. The van der Waals surface area contributed by atoms with E-state index in [1.54, 1.807) is 0 Å². The summed E-state index contributed by atoms with van der Waals surface area (Å²) >= 11 is 0. The molecule has 2 fully saturated rings. The second-order valence-electron chi connectivity index (χ2n) is 12.0. The van der Waals surface area contributed by atoms with Crippen LogP contribution in [0.1, 0.15) is 85.6 Å². The molecule has 4 atom stereocenters. The van der Waals surface area contributed by atoms with Crippen LogP contribution in [0, 0.1) is 17.3 Å². The van der Waals surface area contributed by atoms with Crippen molar-refractivity contribution in [1.82, 2.24) is 0 Å². The molecule has 3 aromatic carbocycles. The third-order valence-electron chi connectivity index (χ3n) is 10.0. The summed E-state index contributed by atoms with van der Waals surface area (Å²) in [4.78, 5) is 25.0. The monoisotopic (exact) mass is 518 g/mol. The molecule has 198 valence electrons. The van der Waals surface area contributed by atoms with E-state index in [2.05, 4.69) is 43.3 Å². The van der Waals surface area contributed by atoms with Crippen LogP contribution >= 0.6 is 0 Å². The number of para-hydroxylation sites is 2. The molecule has 0 spiro atoms. The van der Waals surface area contributed by atoms with Gasteiger partial charge in [0, 0.05) is 41.4 Å². The van der Waals surface area contributed by atoms with Crippen molar-refractivity contribution >= 4 is 17.5 Å². The summed E-state index contributed by atoms with van der Waals surface area (Å²) in [6.45, 7) is 3.69. The zero-order chi connectivity index (χ0) is 26.7. The highest BCUT2D eigenvalue weighted by Gasteiger charge is 2.54. The van der Waals surface area contributed by atoms with E-state index in [0.717, 1.165) is 66.7 Å². The van der Waals surface area contributed by atoms with Crippen molar-refractivity contribution in [3.8, 4) is 11.5 Å². The van der Waals surface area contributed by atoms with Crippen molar-refractivity contribution in [3.63, 3.8) is 0 Å². The van der Waals surface area contributed by atoms with Crippen molar-refractivity contribution in [2.75, 3.05) is 0 Å². The Morgan fingerprint density at radius 3 is 2.36 bits per heavy atom. The molecular formula is C35H34O4. The van der Waals surface area contributed by atoms with Crippen molar-refractivity contribution in [2.45, 2.75) is 64.2 Å². The summed E-state index contributed by atoms with van der Waals surface area (Å²) in [5.74, 6) is 3.91. The van der Waals surface area contributed by atoms with E-state index in [9.17, 15) is 9.59 Å². The second-order valence-corrected chi connectivity index (χ2v) is 12.0. The number of benzene rings is 3. The average Bonchev–Trinajstić information content (AvgIpc) is 3.25. The van der Waals surface area contributed by atoms with Crippen LogP contribution in [0.4, 0.5) is 0 Å². The topological polar surface area (TPSA) is 52.6 Å². The molecule has 0 aromatic heterocycles. The number of esters is 1. The predicted octanol–water partition coefficient (Wildman–Crippen LogP) is 7.95. The van der Waals surface area contributed by atoms with Gasteiger partial charge in [-0.1, -0.05) is 55.5 Å². The zero-order valence-corrected chi connectivity index (χ0v) is 22.6. The molecule has 4 nitrogen and oxygen atoms in total. The van der Waals surface area contributed by atoms with Crippen LogP contribution in [0.15, 0.2) is 72.8 Å². The van der Waals surface area contributed by atoms with Gasteiger partial charge >= 0.3 is 5.97 Å². The third-order valence-corrected chi connectivity index (χ3v) is 10.0. The molecule has 7 rings (SSSR count). The molecule has 4 heteroatoms. The van der Waals surface area contributed by atoms with Gasteiger partial charge in [-0.3, -0.25) is 9.59 Å². The molecule has 0 saturated heterocycles. The van der Waals surface area contributed by atoms with Crippen LogP contribution < -0.4 is 4.74 Å². The SMILES string of the molecule is CC(=O)OC(=CC1c2ccccc2Oc2ccccc21)c1ccc2c(c1)CC[C@@H]1[C@@H]2CC[C@]2(C)C(=O)CC[C@@H]12. The van der Waals surface area contributed by atoms with E-state index in [0.29, 0.717) is 29.3 Å². The molecule has 0 amide bonds. The maximum Gasteiger partial charge on any atom is 0.308 e. The van der Waals surface area contributed by atoms with Crippen LogP contribution in [0.3, 0.4) is 0 Å². The lowest BCUT2D eigenvalue weighted by Crippen LogP contribution is -2.42. The Bertz CT molecular complexity index is 1470. The normalized spacial score (nSPS) is 27.4. The first-order valence-electron chi connectivity index (χ1n) is 14.3. The standard InChI is InChI=1S/C35H34O4/c1-21(36)38-33(20-29-27-7-3-5-9-31(27)39-32-10-6-4-8-28(29)32)23-12-13-24-22(19-23)11-14-26-25(24)17-18-35(2)30(26)15-16-34(35)37/h3-10,12-13,19-20,25-26,29-30H,11,14-18H2,1-2H3/t25-,26-,30+,35+/m1/s1. The number of aryl methyl sites for hydroxylation is 1. The first kappa shape index (κ1) is 24.4. The van der Waals surface area contributed by atoms with Crippen LogP contribution in [0.2, 0.25) is 0 Å². The molecule has 0 unspecified atom stereocenters. The van der Waals surface area contributed by atoms with Gasteiger partial charge in [0.1, 0.15) is 23.0 Å². The van der Waals surface area contributed by atoms with Gasteiger partial charge in [-0.05, 0) is 85.3 Å². The van der Waals surface area contributed by atoms with Crippen molar-refractivity contribution in [2.24, 2.45) is 17.3 Å². The molecule has 0 bridgehead atoms. The maximum atomic E-state index is 12.7. The molecule has 39 heavy (non-hydrogen) atoms. The number of ether oxygens (including phenoxy) is 2. The van der Waals surface area contributed by atoms with Gasteiger partial charge < -0.3 is 9.47 Å². The van der Waals surface area contributed by atoms with E-state index in [1.165, 1.54) is 18.1 Å². The summed E-state index contributed by atoms with van der Waals surface area (Å²) in [7, 11) is 0. The first-order chi connectivity index (χ1) is 18.9. The smallest absolute Gasteiger partial charge is 0.308 e. The number of carbonyl (C=O) groups excluding carboxylic acids is 2. The van der Waals surface area contributed by atoms with Crippen LogP contribution in [-0.2, 0) is 20.7 Å². The zero-order valence-electron chi connectivity index (χ0n) is 22.6. The number of fused-ring (bicyclic) bond motifs is 7. The molecular weight excluding hydrogens is 484 g/mol. The summed E-state index contributed by atoms with van der Waals surface area (Å²) in [5, 5.41) is 0. The molecule has 1 aliphatic heterocycles. The minimum atomic E-state index is -0.329. The lowest BCUT2D eigenvalue weighted by Gasteiger charge is -2.48. The van der Waals surface area contributed by atoms with Gasteiger partial charge in [-0.25, -0.2) is 0 Å². The fourth-order valence-electron chi connectivity index (χ4n) is 8.13. The highest BCUT2D eigenvalue weighted by atomic mass is 16.5. The number of carbonyl (C=O) groups is 2. The molecule has 3 aliphatic carbocycles. The van der Waals surface area contributed by atoms with E-state index in [1.807, 2.05) is 36.4 Å². The summed E-state index contributed by atoms with van der Waals surface area (Å²) in [6, 6.07) is 22.8. The van der Waals surface area contributed by atoms with Crippen molar-refractivity contribution in [3.05, 3.63) is 101 Å². The van der Waals surface area contributed by atoms with Gasteiger partial charge in [0.2, 0.25) is 0 Å². The van der Waals surface area contributed by atoms with E-state index in [4.69, 9.17) is 9.47 Å². The molecule has 0 radical (unpaired) electrons. The minimum Gasteiger partial charge on any atom is -0.457 e. The Hall–Kier alpha value is -3.66. The van der Waals surface area contributed by atoms with Crippen LogP contribution in [0.25, 0.3) is 5.76 Å². The Morgan fingerprint density at radius 1 is 0.923 bits per heavy atom. The number of hydrogen-bond acceptors (Lipinski definition) is 4. The van der Waals surface area contributed by atoms with Gasteiger partial charge in [0.15, 0.2) is 0 Å². The maximum absolute atomic E-state index is 12.7. The van der Waals surface area contributed by atoms with E-state index < -0.39 is 0 Å². The van der Waals surface area contributed by atoms with Crippen molar-refractivity contribution in [1.29, 1.82) is 0 Å². The quantitative estimate of drug-likeness (QED) is 0.261. The third kappa shape index (κ3) is 3.95. The first-order valence-corrected chi connectivity index (χ1v) is 14.3. The summed E-state index contributed by atoms with van der Waals surface area (Å²) in [5.41, 5.74) is 5.71. The van der Waals surface area contributed by atoms with Gasteiger partial charge in [0.25, 0.3) is 0 Å². The molecule has 0 N–H and O–H groups in total. The highest BCUT2D eigenvalue weighted by Crippen LogP contribution is 2.59. The highest BCUT2D eigenvalue weighted by molar-refractivity contribution is 5.87. The molecule has 4 aliphatic rings. The molecule has 1 heterocycles. The fraction of sp³-hybridized carbons (Fsp3) is 0.371. The lowest BCUT2D eigenvalue weighted by molar-refractivity contribution is -0.134. The summed E-state index contributed by atoms with van der Waals surface area (Å²) in [6.07, 6.45) is 8.09. The van der Waals surface area contributed by atoms with E-state index >= 15 is 0 Å². The largest absolute Gasteiger partial charge is 0.457 e. The Balaban J connectivity index is 1.27. The number of hydrogen-bond donors (Lipinski definition) is 0. The van der Waals surface area contributed by atoms with Crippen LogP contribution in [0.5, 0.6) is 11.5 Å². The van der Waals surface area contributed by atoms with E-state index in [-0.39, 0.29) is 17.3 Å². The minimum absolute atomic E-state index is 0.100.